The summed E-state index contributed by atoms with van der Waals surface area (Å²) < 4.78 is 17.0. The van der Waals surface area contributed by atoms with Crippen LogP contribution >= 0.6 is 0 Å². The lowest BCUT2D eigenvalue weighted by Gasteiger charge is -2.29. The van der Waals surface area contributed by atoms with Crippen LogP contribution in [0.4, 0.5) is 0 Å². The smallest absolute Gasteiger partial charge is 0.161 e. The topological polar surface area (TPSA) is 39.7 Å². The lowest BCUT2D eigenvalue weighted by Crippen LogP contribution is -2.47. The summed E-state index contributed by atoms with van der Waals surface area (Å²) in [6.07, 6.45) is 2.25. The number of rotatable bonds is 3. The summed E-state index contributed by atoms with van der Waals surface area (Å²) in [6.45, 7) is 7.48. The molecule has 1 N–H and O–H groups in total. The molecule has 1 aromatic rings. The minimum atomic E-state index is 0.0597. The first-order valence-electron chi connectivity index (χ1n) is 7.42. The van der Waals surface area contributed by atoms with E-state index >= 15 is 0 Å². The zero-order valence-electron chi connectivity index (χ0n) is 12.3. The molecule has 3 rings (SSSR count). The minimum Gasteiger partial charge on any atom is -0.490 e. The van der Waals surface area contributed by atoms with E-state index in [0.29, 0.717) is 0 Å². The van der Waals surface area contributed by atoms with E-state index in [0.717, 1.165) is 50.7 Å². The second-order valence-corrected chi connectivity index (χ2v) is 5.87. The van der Waals surface area contributed by atoms with Gasteiger partial charge in [0.25, 0.3) is 0 Å². The molecule has 1 aromatic carbocycles. The van der Waals surface area contributed by atoms with Crippen LogP contribution in [0.2, 0.25) is 0 Å². The van der Waals surface area contributed by atoms with Gasteiger partial charge >= 0.3 is 0 Å². The molecule has 4 nitrogen and oxygen atoms in total. The predicted octanol–water partition coefficient (Wildman–Crippen LogP) is 2.51. The summed E-state index contributed by atoms with van der Waals surface area (Å²) in [4.78, 5) is 0. The first-order chi connectivity index (χ1) is 9.67. The van der Waals surface area contributed by atoms with Gasteiger partial charge < -0.3 is 19.5 Å². The van der Waals surface area contributed by atoms with Crippen LogP contribution in [0.3, 0.4) is 0 Å². The standard InChI is InChI=1S/C16H23NO3/c1-12-16(2,6-9-18-12)17-11-13-4-5-14-15(10-13)20-8-3-7-19-14/h4-5,10,12,17H,3,6-9,11H2,1-2H3. The van der Waals surface area contributed by atoms with Gasteiger partial charge in [-0.05, 0) is 38.0 Å². The van der Waals surface area contributed by atoms with Crippen molar-refractivity contribution in [3.05, 3.63) is 23.8 Å². The Hall–Kier alpha value is -1.26. The highest BCUT2D eigenvalue weighted by atomic mass is 16.5. The molecule has 2 atom stereocenters. The van der Waals surface area contributed by atoms with Crippen LogP contribution in [0.15, 0.2) is 18.2 Å². The zero-order chi connectivity index (χ0) is 14.0. The molecule has 110 valence electrons. The first-order valence-corrected chi connectivity index (χ1v) is 7.42. The third-order valence-electron chi connectivity index (χ3n) is 4.39. The van der Waals surface area contributed by atoms with E-state index < -0.39 is 0 Å². The molecule has 2 unspecified atom stereocenters. The monoisotopic (exact) mass is 277 g/mol. The zero-order valence-corrected chi connectivity index (χ0v) is 12.3. The second-order valence-electron chi connectivity index (χ2n) is 5.87. The molecule has 0 radical (unpaired) electrons. The molecule has 0 saturated carbocycles. The van der Waals surface area contributed by atoms with Gasteiger partial charge in [0, 0.05) is 25.1 Å². The van der Waals surface area contributed by atoms with Crippen LogP contribution in [-0.4, -0.2) is 31.5 Å². The van der Waals surface area contributed by atoms with Crippen molar-refractivity contribution in [2.24, 2.45) is 0 Å². The van der Waals surface area contributed by atoms with Gasteiger partial charge in [0.05, 0.1) is 19.3 Å². The third-order valence-corrected chi connectivity index (χ3v) is 4.39. The van der Waals surface area contributed by atoms with Gasteiger partial charge in [-0.1, -0.05) is 6.07 Å². The average Bonchev–Trinajstić information content (AvgIpc) is 2.67. The van der Waals surface area contributed by atoms with Gasteiger partial charge in [-0.2, -0.15) is 0 Å². The number of ether oxygens (including phenoxy) is 3. The molecule has 2 aliphatic rings. The molecule has 4 heteroatoms. The van der Waals surface area contributed by atoms with E-state index in [1.165, 1.54) is 5.56 Å². The number of hydrogen-bond donors (Lipinski definition) is 1. The molecule has 20 heavy (non-hydrogen) atoms. The normalized spacial score (nSPS) is 29.2. The fraction of sp³-hybridized carbons (Fsp3) is 0.625. The molecule has 0 aromatic heterocycles. The molecule has 0 bridgehead atoms. The quantitative estimate of drug-likeness (QED) is 0.921. The summed E-state index contributed by atoms with van der Waals surface area (Å²) in [6, 6.07) is 6.19. The van der Waals surface area contributed by atoms with Crippen molar-refractivity contribution in [3.63, 3.8) is 0 Å². The molecule has 1 fully saturated rings. The van der Waals surface area contributed by atoms with Crippen LogP contribution in [-0.2, 0) is 11.3 Å². The minimum absolute atomic E-state index is 0.0597. The fourth-order valence-corrected chi connectivity index (χ4v) is 2.69. The summed E-state index contributed by atoms with van der Waals surface area (Å²) in [7, 11) is 0. The maximum Gasteiger partial charge on any atom is 0.161 e. The predicted molar refractivity (Wildman–Crippen MR) is 77.3 cm³/mol. The lowest BCUT2D eigenvalue weighted by atomic mass is 9.94. The Morgan fingerprint density at radius 3 is 2.75 bits per heavy atom. The SMILES string of the molecule is CC1OCCC1(C)NCc1ccc2c(c1)OCCCO2. The fourth-order valence-electron chi connectivity index (χ4n) is 2.69. The van der Waals surface area contributed by atoms with Gasteiger partial charge in [-0.25, -0.2) is 0 Å². The first kappa shape index (κ1) is 13.7. The number of nitrogens with one attached hydrogen (secondary N) is 1. The van der Waals surface area contributed by atoms with Gasteiger partial charge in [0.2, 0.25) is 0 Å². The number of hydrogen-bond acceptors (Lipinski definition) is 4. The lowest BCUT2D eigenvalue weighted by molar-refractivity contribution is 0.0881. The highest BCUT2D eigenvalue weighted by Gasteiger charge is 2.36. The second kappa shape index (κ2) is 5.62. The summed E-state index contributed by atoms with van der Waals surface area (Å²) >= 11 is 0. The van der Waals surface area contributed by atoms with E-state index in [1.807, 2.05) is 6.07 Å². The van der Waals surface area contributed by atoms with Gasteiger partial charge in [-0.3, -0.25) is 0 Å². The molecule has 2 aliphatic heterocycles. The molecule has 1 saturated heterocycles. The van der Waals surface area contributed by atoms with Crippen molar-refractivity contribution in [2.45, 2.75) is 44.9 Å². The Balaban J connectivity index is 1.67. The Morgan fingerprint density at radius 1 is 1.20 bits per heavy atom. The highest BCUT2D eigenvalue weighted by molar-refractivity contribution is 5.43. The van der Waals surface area contributed by atoms with Crippen molar-refractivity contribution >= 4 is 0 Å². The molecular formula is C16H23NO3. The molecule has 0 spiro atoms. The largest absolute Gasteiger partial charge is 0.490 e. The van der Waals surface area contributed by atoms with E-state index in [4.69, 9.17) is 14.2 Å². The van der Waals surface area contributed by atoms with E-state index in [-0.39, 0.29) is 11.6 Å². The summed E-state index contributed by atoms with van der Waals surface area (Å²) in [5.41, 5.74) is 1.28. The molecule has 0 aliphatic carbocycles. The van der Waals surface area contributed by atoms with E-state index in [2.05, 4.69) is 31.3 Å². The maximum absolute atomic E-state index is 5.73. The van der Waals surface area contributed by atoms with Crippen molar-refractivity contribution in [1.82, 2.24) is 5.32 Å². The molecular weight excluding hydrogens is 254 g/mol. The molecule has 2 heterocycles. The van der Waals surface area contributed by atoms with Crippen LogP contribution in [0.1, 0.15) is 32.3 Å². The average molecular weight is 277 g/mol. The Labute approximate surface area is 120 Å². The van der Waals surface area contributed by atoms with E-state index in [9.17, 15) is 0 Å². The Bertz CT molecular complexity index is 477. The number of fused-ring (bicyclic) bond motifs is 1. The summed E-state index contributed by atoms with van der Waals surface area (Å²) in [5, 5.41) is 3.63. The third kappa shape index (κ3) is 2.76. The van der Waals surface area contributed by atoms with Crippen molar-refractivity contribution in [1.29, 1.82) is 0 Å². The van der Waals surface area contributed by atoms with Crippen molar-refractivity contribution in [3.8, 4) is 11.5 Å². The van der Waals surface area contributed by atoms with Gasteiger partial charge in [-0.15, -0.1) is 0 Å². The van der Waals surface area contributed by atoms with E-state index in [1.54, 1.807) is 0 Å². The van der Waals surface area contributed by atoms with Gasteiger partial charge in [0.1, 0.15) is 0 Å². The maximum atomic E-state index is 5.73. The summed E-state index contributed by atoms with van der Waals surface area (Å²) in [5.74, 6) is 1.72. The van der Waals surface area contributed by atoms with Gasteiger partial charge in [0.15, 0.2) is 11.5 Å². The number of benzene rings is 1. The van der Waals surface area contributed by atoms with Crippen LogP contribution in [0.25, 0.3) is 0 Å². The Kier molecular flexibility index (Phi) is 3.85. The van der Waals surface area contributed by atoms with Crippen molar-refractivity contribution < 1.29 is 14.2 Å². The van der Waals surface area contributed by atoms with Crippen LogP contribution in [0, 0.1) is 0 Å². The van der Waals surface area contributed by atoms with Crippen LogP contribution in [0.5, 0.6) is 11.5 Å². The van der Waals surface area contributed by atoms with Crippen molar-refractivity contribution in [2.75, 3.05) is 19.8 Å². The Morgan fingerprint density at radius 2 is 2.00 bits per heavy atom. The highest BCUT2D eigenvalue weighted by Crippen LogP contribution is 2.31. The molecule has 0 amide bonds. The van der Waals surface area contributed by atoms with Crippen LogP contribution < -0.4 is 14.8 Å².